The first-order valence-corrected chi connectivity index (χ1v) is 7.77. The first kappa shape index (κ1) is 11.9. The molecule has 0 bridgehead atoms. The van der Waals surface area contributed by atoms with Crippen LogP contribution in [-0.4, -0.2) is 41.1 Å². The summed E-state index contributed by atoms with van der Waals surface area (Å²) < 4.78 is 1.03. The van der Waals surface area contributed by atoms with Crippen molar-refractivity contribution in [3.05, 3.63) is 20.8 Å². The van der Waals surface area contributed by atoms with Crippen LogP contribution in [0.25, 0.3) is 0 Å². The first-order chi connectivity index (χ1) is 7.20. The summed E-state index contributed by atoms with van der Waals surface area (Å²) >= 11 is 7.03. The van der Waals surface area contributed by atoms with Gasteiger partial charge in [0.05, 0.1) is 6.10 Å². The molecule has 15 heavy (non-hydrogen) atoms. The Kier molecular flexibility index (Phi) is 4.12. The van der Waals surface area contributed by atoms with E-state index in [9.17, 15) is 5.11 Å². The average molecular weight is 308 g/mol. The lowest BCUT2D eigenvalue weighted by Gasteiger charge is -2.35. The van der Waals surface area contributed by atoms with E-state index >= 15 is 0 Å². The predicted molar refractivity (Wildman–Crippen MR) is 70.7 cm³/mol. The molecule has 0 aromatic carbocycles. The van der Waals surface area contributed by atoms with E-state index in [0.29, 0.717) is 0 Å². The third-order valence-electron chi connectivity index (χ3n) is 2.77. The molecule has 0 amide bonds. The van der Waals surface area contributed by atoms with Crippen LogP contribution in [-0.2, 0) is 0 Å². The highest BCUT2D eigenvalue weighted by molar-refractivity contribution is 9.10. The summed E-state index contributed by atoms with van der Waals surface area (Å²) in [5, 5.41) is 14.4. The lowest BCUT2D eigenvalue weighted by atomic mass is 10.1. The minimum atomic E-state index is -0.372. The Labute approximate surface area is 107 Å². The number of aliphatic hydroxyl groups is 1. The fourth-order valence-corrected chi connectivity index (χ4v) is 4.57. The topological polar surface area (TPSA) is 23.5 Å². The smallest absolute Gasteiger partial charge is 0.0972 e. The molecule has 2 heterocycles. The molecule has 1 aromatic heterocycles. The van der Waals surface area contributed by atoms with Gasteiger partial charge in [-0.2, -0.15) is 23.1 Å². The Morgan fingerprint density at radius 1 is 1.60 bits per heavy atom. The van der Waals surface area contributed by atoms with Crippen LogP contribution in [0, 0.1) is 0 Å². The third kappa shape index (κ3) is 2.58. The maximum absolute atomic E-state index is 10.3. The zero-order valence-electron chi connectivity index (χ0n) is 8.52. The first-order valence-electron chi connectivity index (χ1n) is 4.88. The van der Waals surface area contributed by atoms with Crippen molar-refractivity contribution in [2.24, 2.45) is 0 Å². The van der Waals surface area contributed by atoms with Crippen LogP contribution in [0.4, 0.5) is 0 Å². The highest BCUT2D eigenvalue weighted by Crippen LogP contribution is 2.33. The van der Waals surface area contributed by atoms with E-state index in [1.807, 2.05) is 22.5 Å². The fourth-order valence-electron chi connectivity index (χ4n) is 1.75. The lowest BCUT2D eigenvalue weighted by Crippen LogP contribution is -2.43. The van der Waals surface area contributed by atoms with Crippen molar-refractivity contribution < 1.29 is 5.11 Å². The summed E-state index contributed by atoms with van der Waals surface area (Å²) in [5.41, 5.74) is 1.03. The maximum atomic E-state index is 10.3. The van der Waals surface area contributed by atoms with Crippen LogP contribution < -0.4 is 0 Å². The van der Waals surface area contributed by atoms with Crippen molar-refractivity contribution in [1.29, 1.82) is 0 Å². The molecule has 1 aromatic rings. The Morgan fingerprint density at radius 3 is 3.00 bits per heavy atom. The molecule has 1 saturated heterocycles. The second-order valence-corrected chi connectivity index (χ2v) is 6.49. The van der Waals surface area contributed by atoms with Gasteiger partial charge < -0.3 is 5.11 Å². The summed E-state index contributed by atoms with van der Waals surface area (Å²) in [6.45, 7) is 1.06. The minimum Gasteiger partial charge on any atom is -0.387 e. The van der Waals surface area contributed by atoms with E-state index in [2.05, 4.69) is 27.9 Å². The number of halogens is 1. The van der Waals surface area contributed by atoms with Gasteiger partial charge in [0.1, 0.15) is 0 Å². The molecule has 1 aliphatic heterocycles. The summed E-state index contributed by atoms with van der Waals surface area (Å²) in [4.78, 5) is 2.26. The molecule has 5 heteroatoms. The van der Waals surface area contributed by atoms with Crippen molar-refractivity contribution in [2.45, 2.75) is 12.1 Å². The molecule has 1 aliphatic rings. The Bertz CT molecular complexity index is 331. The van der Waals surface area contributed by atoms with Gasteiger partial charge >= 0.3 is 0 Å². The molecule has 2 nitrogen and oxygen atoms in total. The minimum absolute atomic E-state index is 0.245. The molecule has 84 valence electrons. The molecular weight excluding hydrogens is 294 g/mol. The SMILES string of the molecule is CN1CCSCC1C(O)c1cscc1Br. The van der Waals surface area contributed by atoms with Crippen LogP contribution in [0.5, 0.6) is 0 Å². The van der Waals surface area contributed by atoms with E-state index < -0.39 is 0 Å². The second-order valence-electron chi connectivity index (χ2n) is 3.74. The highest BCUT2D eigenvalue weighted by Gasteiger charge is 2.28. The van der Waals surface area contributed by atoms with Gasteiger partial charge in [0.15, 0.2) is 0 Å². The van der Waals surface area contributed by atoms with Gasteiger partial charge in [-0.25, -0.2) is 0 Å². The van der Waals surface area contributed by atoms with E-state index in [1.54, 1.807) is 11.3 Å². The van der Waals surface area contributed by atoms with Gasteiger partial charge in [0, 0.05) is 39.5 Å². The standard InChI is InChI=1S/C10H14BrNOS2/c1-12-2-3-14-6-9(12)10(13)7-4-15-5-8(7)11/h4-5,9-10,13H,2-3,6H2,1H3. The van der Waals surface area contributed by atoms with Gasteiger partial charge in [-0.3, -0.25) is 4.90 Å². The van der Waals surface area contributed by atoms with Gasteiger partial charge in [-0.05, 0) is 28.4 Å². The number of aliphatic hydroxyl groups excluding tert-OH is 1. The second kappa shape index (κ2) is 5.19. The van der Waals surface area contributed by atoms with E-state index in [1.165, 1.54) is 5.75 Å². The largest absolute Gasteiger partial charge is 0.387 e. The summed E-state index contributed by atoms with van der Waals surface area (Å²) in [7, 11) is 2.09. The van der Waals surface area contributed by atoms with E-state index in [0.717, 1.165) is 22.3 Å². The number of hydrogen-bond donors (Lipinski definition) is 1. The molecule has 0 spiro atoms. The van der Waals surface area contributed by atoms with Crippen LogP contribution >= 0.6 is 39.0 Å². The predicted octanol–water partition coefficient (Wildman–Crippen LogP) is 2.59. The monoisotopic (exact) mass is 307 g/mol. The normalized spacial score (nSPS) is 25.4. The Balaban J connectivity index is 2.13. The summed E-state index contributed by atoms with van der Waals surface area (Å²) in [6.07, 6.45) is -0.372. The summed E-state index contributed by atoms with van der Waals surface area (Å²) in [6, 6.07) is 0.245. The number of thiophene rings is 1. The zero-order valence-corrected chi connectivity index (χ0v) is 11.7. The van der Waals surface area contributed by atoms with Gasteiger partial charge in [0.2, 0.25) is 0 Å². The van der Waals surface area contributed by atoms with Gasteiger partial charge in [-0.15, -0.1) is 0 Å². The van der Waals surface area contributed by atoms with Gasteiger partial charge in [0.25, 0.3) is 0 Å². The molecule has 0 radical (unpaired) electrons. The van der Waals surface area contributed by atoms with Crippen LogP contribution in [0.2, 0.25) is 0 Å². The molecule has 1 N–H and O–H groups in total. The molecule has 2 atom stereocenters. The van der Waals surface area contributed by atoms with Gasteiger partial charge in [-0.1, -0.05) is 0 Å². The lowest BCUT2D eigenvalue weighted by molar-refractivity contribution is 0.0757. The van der Waals surface area contributed by atoms with Crippen LogP contribution in [0.1, 0.15) is 11.7 Å². The molecule has 1 fully saturated rings. The van der Waals surface area contributed by atoms with E-state index in [-0.39, 0.29) is 12.1 Å². The Hall–Kier alpha value is 0.450. The van der Waals surface area contributed by atoms with Crippen molar-refractivity contribution in [3.8, 4) is 0 Å². The van der Waals surface area contributed by atoms with Crippen molar-refractivity contribution in [3.63, 3.8) is 0 Å². The van der Waals surface area contributed by atoms with Crippen molar-refractivity contribution in [2.75, 3.05) is 25.1 Å². The quantitative estimate of drug-likeness (QED) is 0.908. The molecule has 0 saturated carbocycles. The van der Waals surface area contributed by atoms with Crippen molar-refractivity contribution >= 4 is 39.0 Å². The average Bonchev–Trinajstić information content (AvgIpc) is 2.64. The molecule has 2 unspecified atom stereocenters. The number of thioether (sulfide) groups is 1. The number of nitrogens with zero attached hydrogens (tertiary/aromatic N) is 1. The Morgan fingerprint density at radius 2 is 2.40 bits per heavy atom. The molecule has 0 aliphatic carbocycles. The zero-order chi connectivity index (χ0) is 10.8. The van der Waals surface area contributed by atoms with E-state index in [4.69, 9.17) is 0 Å². The van der Waals surface area contributed by atoms with Crippen LogP contribution in [0.3, 0.4) is 0 Å². The molecular formula is C10H14BrNOS2. The van der Waals surface area contributed by atoms with Crippen molar-refractivity contribution in [1.82, 2.24) is 4.90 Å². The number of hydrogen-bond acceptors (Lipinski definition) is 4. The fraction of sp³-hybridized carbons (Fsp3) is 0.600. The number of rotatable bonds is 2. The summed E-state index contributed by atoms with van der Waals surface area (Å²) in [5.74, 6) is 2.18. The third-order valence-corrected chi connectivity index (χ3v) is 5.57. The van der Waals surface area contributed by atoms with Crippen LogP contribution in [0.15, 0.2) is 15.2 Å². The number of likely N-dealkylation sites (N-methyl/N-ethyl adjacent to an activating group) is 1. The molecule has 2 rings (SSSR count). The highest BCUT2D eigenvalue weighted by atomic mass is 79.9. The maximum Gasteiger partial charge on any atom is 0.0972 e.